The zero-order valence-electron chi connectivity index (χ0n) is 23.5. The summed E-state index contributed by atoms with van der Waals surface area (Å²) in [5.74, 6) is 0.417. The van der Waals surface area contributed by atoms with E-state index in [0.29, 0.717) is 12.4 Å². The van der Waals surface area contributed by atoms with Crippen molar-refractivity contribution in [3.8, 4) is 22.3 Å². The molecule has 1 heterocycles. The standard InChI is InChI=1S/C40H28N2O/c41-40(28-10-2-1-3-11-28)42-25-32-22-29-12-4-5-13-30(29)23-35(32)26-18-20-27(21-19-26)38-33-15-7-6-14-31(33)24-36-34-16-8-9-17-37(34)43-39(36)38/h1-24H,25H2,(H2,41,42). The van der Waals surface area contributed by atoms with Crippen LogP contribution < -0.4 is 5.32 Å². The molecule has 0 aliphatic rings. The molecule has 204 valence electrons. The summed E-state index contributed by atoms with van der Waals surface area (Å²) in [6.07, 6.45) is 0. The van der Waals surface area contributed by atoms with Crippen molar-refractivity contribution < 1.29 is 4.42 Å². The van der Waals surface area contributed by atoms with Gasteiger partial charge in [-0.15, -0.1) is 0 Å². The van der Waals surface area contributed by atoms with Crippen LogP contribution in [-0.2, 0) is 6.54 Å². The zero-order chi connectivity index (χ0) is 28.8. The summed E-state index contributed by atoms with van der Waals surface area (Å²) >= 11 is 0. The van der Waals surface area contributed by atoms with Gasteiger partial charge in [-0.25, -0.2) is 0 Å². The SMILES string of the molecule is N=C(NCc1cc2ccccc2cc1-c1ccc(-c2c3ccccc3cc3c2oc2ccccc23)cc1)c1ccccc1. The van der Waals surface area contributed by atoms with Crippen LogP contribution in [0.15, 0.2) is 150 Å². The summed E-state index contributed by atoms with van der Waals surface area (Å²) in [4.78, 5) is 0. The van der Waals surface area contributed by atoms with Crippen LogP contribution in [0.2, 0.25) is 0 Å². The Kier molecular flexibility index (Phi) is 6.01. The number of benzene rings is 7. The van der Waals surface area contributed by atoms with Crippen LogP contribution in [-0.4, -0.2) is 5.84 Å². The second-order valence-corrected chi connectivity index (χ2v) is 11.0. The molecule has 0 amide bonds. The first-order valence-corrected chi connectivity index (χ1v) is 14.6. The van der Waals surface area contributed by atoms with Gasteiger partial charge in [0.05, 0.1) is 0 Å². The van der Waals surface area contributed by atoms with Gasteiger partial charge in [0, 0.05) is 28.4 Å². The molecule has 0 aliphatic carbocycles. The van der Waals surface area contributed by atoms with Crippen molar-refractivity contribution in [1.29, 1.82) is 5.41 Å². The molecule has 43 heavy (non-hydrogen) atoms. The second kappa shape index (κ2) is 10.3. The van der Waals surface area contributed by atoms with E-state index in [1.165, 1.54) is 21.5 Å². The number of fused-ring (bicyclic) bond motifs is 5. The Hall–Kier alpha value is -5.67. The van der Waals surface area contributed by atoms with Gasteiger partial charge in [-0.2, -0.15) is 0 Å². The quantitative estimate of drug-likeness (QED) is 0.165. The lowest BCUT2D eigenvalue weighted by atomic mass is 9.92. The lowest BCUT2D eigenvalue weighted by Crippen LogP contribution is -2.23. The third-order valence-electron chi connectivity index (χ3n) is 8.37. The number of hydrogen-bond donors (Lipinski definition) is 2. The van der Waals surface area contributed by atoms with Crippen molar-refractivity contribution in [2.45, 2.75) is 6.54 Å². The van der Waals surface area contributed by atoms with Crippen LogP contribution in [0.25, 0.3) is 65.7 Å². The van der Waals surface area contributed by atoms with Crippen molar-refractivity contribution in [3.05, 3.63) is 157 Å². The third kappa shape index (κ3) is 4.43. The summed E-state index contributed by atoms with van der Waals surface area (Å²) in [6, 6.07) is 50.7. The minimum Gasteiger partial charge on any atom is -0.455 e. The molecule has 0 unspecified atom stereocenters. The first-order valence-electron chi connectivity index (χ1n) is 14.6. The van der Waals surface area contributed by atoms with E-state index in [-0.39, 0.29) is 0 Å². The van der Waals surface area contributed by atoms with E-state index in [1.54, 1.807) is 0 Å². The Morgan fingerprint density at radius 3 is 1.98 bits per heavy atom. The van der Waals surface area contributed by atoms with Crippen LogP contribution in [0, 0.1) is 5.41 Å². The number of nitrogens with one attached hydrogen (secondary N) is 2. The number of rotatable bonds is 5. The molecule has 0 atom stereocenters. The van der Waals surface area contributed by atoms with E-state index >= 15 is 0 Å². The van der Waals surface area contributed by atoms with Gasteiger partial charge in [-0.1, -0.05) is 121 Å². The van der Waals surface area contributed by atoms with Gasteiger partial charge >= 0.3 is 0 Å². The Labute approximate surface area is 249 Å². The maximum absolute atomic E-state index is 8.59. The highest BCUT2D eigenvalue weighted by Gasteiger charge is 2.17. The molecule has 3 nitrogen and oxygen atoms in total. The third-order valence-corrected chi connectivity index (χ3v) is 8.37. The molecular formula is C40H28N2O. The maximum Gasteiger partial charge on any atom is 0.143 e. The summed E-state index contributed by atoms with van der Waals surface area (Å²) in [6.45, 7) is 0.554. The summed E-state index contributed by atoms with van der Waals surface area (Å²) in [5.41, 5.74) is 8.38. The topological polar surface area (TPSA) is 49.0 Å². The highest BCUT2D eigenvalue weighted by molar-refractivity contribution is 6.18. The van der Waals surface area contributed by atoms with Crippen LogP contribution in [0.3, 0.4) is 0 Å². The average Bonchev–Trinajstić information content (AvgIpc) is 3.44. The summed E-state index contributed by atoms with van der Waals surface area (Å²) in [7, 11) is 0. The molecule has 8 aromatic rings. The lowest BCUT2D eigenvalue weighted by molar-refractivity contribution is 0.670. The first kappa shape index (κ1) is 25.1. The highest BCUT2D eigenvalue weighted by Crippen LogP contribution is 2.41. The van der Waals surface area contributed by atoms with Crippen molar-refractivity contribution in [3.63, 3.8) is 0 Å². The van der Waals surface area contributed by atoms with E-state index < -0.39 is 0 Å². The van der Waals surface area contributed by atoms with Gasteiger partial charge in [0.2, 0.25) is 0 Å². The van der Waals surface area contributed by atoms with E-state index in [2.05, 4.69) is 108 Å². The molecule has 0 fully saturated rings. The molecule has 0 saturated heterocycles. The predicted molar refractivity (Wildman–Crippen MR) is 180 cm³/mol. The molecule has 0 spiro atoms. The summed E-state index contributed by atoms with van der Waals surface area (Å²) in [5, 5.41) is 19.0. The molecule has 0 aliphatic heterocycles. The monoisotopic (exact) mass is 552 g/mol. The fraction of sp³-hybridized carbons (Fsp3) is 0.0250. The van der Waals surface area contributed by atoms with Crippen LogP contribution >= 0.6 is 0 Å². The number of furan rings is 1. The van der Waals surface area contributed by atoms with Crippen molar-refractivity contribution in [2.75, 3.05) is 0 Å². The number of hydrogen-bond acceptors (Lipinski definition) is 2. The highest BCUT2D eigenvalue weighted by atomic mass is 16.3. The minimum absolute atomic E-state index is 0.417. The van der Waals surface area contributed by atoms with Crippen LogP contribution in [0.5, 0.6) is 0 Å². The molecule has 0 saturated carbocycles. The van der Waals surface area contributed by atoms with E-state index in [4.69, 9.17) is 9.83 Å². The largest absolute Gasteiger partial charge is 0.455 e. The maximum atomic E-state index is 8.59. The van der Waals surface area contributed by atoms with Gasteiger partial charge in [0.1, 0.15) is 17.0 Å². The molecule has 0 radical (unpaired) electrons. The molecule has 7 aromatic carbocycles. The molecule has 1 aromatic heterocycles. The van der Waals surface area contributed by atoms with E-state index in [1.807, 2.05) is 42.5 Å². The fourth-order valence-corrected chi connectivity index (χ4v) is 6.22. The number of amidine groups is 1. The lowest BCUT2D eigenvalue weighted by Gasteiger charge is -2.15. The number of para-hydroxylation sites is 1. The molecule has 2 N–H and O–H groups in total. The van der Waals surface area contributed by atoms with Gasteiger partial charge in [0.25, 0.3) is 0 Å². The van der Waals surface area contributed by atoms with Crippen molar-refractivity contribution in [1.82, 2.24) is 5.32 Å². The van der Waals surface area contributed by atoms with E-state index in [0.717, 1.165) is 55.3 Å². The van der Waals surface area contributed by atoms with Crippen LogP contribution in [0.4, 0.5) is 0 Å². The Morgan fingerprint density at radius 2 is 1.19 bits per heavy atom. The molecule has 0 bridgehead atoms. The Balaban J connectivity index is 1.23. The van der Waals surface area contributed by atoms with Crippen molar-refractivity contribution >= 4 is 49.3 Å². The molecule has 3 heteroatoms. The fourth-order valence-electron chi connectivity index (χ4n) is 6.22. The Bertz CT molecular complexity index is 2300. The van der Waals surface area contributed by atoms with E-state index in [9.17, 15) is 0 Å². The van der Waals surface area contributed by atoms with Gasteiger partial charge in [-0.3, -0.25) is 5.41 Å². The van der Waals surface area contributed by atoms with Crippen molar-refractivity contribution in [2.24, 2.45) is 0 Å². The first-order chi connectivity index (χ1) is 21.2. The normalized spacial score (nSPS) is 11.4. The van der Waals surface area contributed by atoms with Gasteiger partial charge < -0.3 is 9.73 Å². The smallest absolute Gasteiger partial charge is 0.143 e. The second-order valence-electron chi connectivity index (χ2n) is 11.0. The predicted octanol–water partition coefficient (Wildman–Crippen LogP) is 10.3. The van der Waals surface area contributed by atoms with Crippen LogP contribution in [0.1, 0.15) is 11.1 Å². The minimum atomic E-state index is 0.417. The Morgan fingerprint density at radius 1 is 0.558 bits per heavy atom. The average molecular weight is 553 g/mol. The van der Waals surface area contributed by atoms with Gasteiger partial charge in [-0.05, 0) is 68.1 Å². The molecule has 8 rings (SSSR count). The van der Waals surface area contributed by atoms with Gasteiger partial charge in [0.15, 0.2) is 0 Å². The zero-order valence-corrected chi connectivity index (χ0v) is 23.5. The molecular weight excluding hydrogens is 524 g/mol. The summed E-state index contributed by atoms with van der Waals surface area (Å²) < 4.78 is 6.49.